The van der Waals surface area contributed by atoms with E-state index in [9.17, 15) is 4.39 Å². The third-order valence-electron chi connectivity index (χ3n) is 1.50. The first-order valence-corrected chi connectivity index (χ1v) is 4.25. The highest BCUT2D eigenvalue weighted by Gasteiger charge is 2.16. The topological polar surface area (TPSA) is 4.93 Å². The number of hydrogen-bond donors (Lipinski definition) is 0. The Morgan fingerprint density at radius 3 is 2.18 bits per heavy atom. The third kappa shape index (κ3) is 1.64. The quantitative estimate of drug-likeness (QED) is 0.632. The predicted octanol–water partition coefficient (Wildman–Crippen LogP) is 3.14. The SMILES string of the molecule is CC(C)(C)n1ccc(F)c1Br. The molecule has 0 saturated carbocycles. The molecule has 0 N–H and O–H groups in total. The van der Waals surface area contributed by atoms with E-state index in [0.717, 1.165) is 0 Å². The molecule has 0 saturated heterocycles. The summed E-state index contributed by atoms with van der Waals surface area (Å²) < 4.78 is 15.2. The van der Waals surface area contributed by atoms with Gasteiger partial charge in [-0.1, -0.05) is 0 Å². The van der Waals surface area contributed by atoms with Crippen molar-refractivity contribution >= 4 is 15.9 Å². The van der Waals surface area contributed by atoms with Gasteiger partial charge in [-0.2, -0.15) is 0 Å². The molecule has 0 fully saturated rings. The van der Waals surface area contributed by atoms with Gasteiger partial charge in [0.2, 0.25) is 0 Å². The van der Waals surface area contributed by atoms with Crippen LogP contribution in [0.3, 0.4) is 0 Å². The molecule has 0 atom stereocenters. The molecule has 11 heavy (non-hydrogen) atoms. The third-order valence-corrected chi connectivity index (χ3v) is 2.26. The van der Waals surface area contributed by atoms with E-state index < -0.39 is 0 Å². The van der Waals surface area contributed by atoms with Gasteiger partial charge in [0, 0.05) is 11.7 Å². The Bertz CT molecular complexity index is 260. The highest BCUT2D eigenvalue weighted by atomic mass is 79.9. The highest BCUT2D eigenvalue weighted by molar-refractivity contribution is 9.10. The summed E-state index contributed by atoms with van der Waals surface area (Å²) in [6.45, 7) is 6.07. The molecule has 0 aromatic carbocycles. The summed E-state index contributed by atoms with van der Waals surface area (Å²) in [5, 5.41) is 0. The molecule has 3 heteroatoms. The van der Waals surface area contributed by atoms with Crippen LogP contribution in [0, 0.1) is 5.82 Å². The molecule has 0 aliphatic rings. The zero-order valence-electron chi connectivity index (χ0n) is 6.86. The van der Waals surface area contributed by atoms with Crippen molar-refractivity contribution < 1.29 is 4.39 Å². The molecule has 62 valence electrons. The van der Waals surface area contributed by atoms with Gasteiger partial charge in [0.25, 0.3) is 0 Å². The van der Waals surface area contributed by atoms with Crippen LogP contribution >= 0.6 is 15.9 Å². The van der Waals surface area contributed by atoms with Crippen LogP contribution in [-0.4, -0.2) is 4.57 Å². The van der Waals surface area contributed by atoms with Crippen molar-refractivity contribution in [3.63, 3.8) is 0 Å². The molecular weight excluding hydrogens is 209 g/mol. The lowest BCUT2D eigenvalue weighted by Gasteiger charge is -2.22. The van der Waals surface area contributed by atoms with Crippen molar-refractivity contribution in [2.24, 2.45) is 0 Å². The van der Waals surface area contributed by atoms with Gasteiger partial charge in [-0.05, 0) is 42.8 Å². The van der Waals surface area contributed by atoms with E-state index in [1.54, 1.807) is 6.20 Å². The largest absolute Gasteiger partial charge is 0.335 e. The normalized spacial score (nSPS) is 12.1. The fraction of sp³-hybridized carbons (Fsp3) is 0.500. The first-order valence-electron chi connectivity index (χ1n) is 3.46. The summed E-state index contributed by atoms with van der Waals surface area (Å²) in [4.78, 5) is 0. The van der Waals surface area contributed by atoms with Gasteiger partial charge in [-0.25, -0.2) is 4.39 Å². The molecule has 0 radical (unpaired) electrons. The lowest BCUT2D eigenvalue weighted by atomic mass is 10.1. The fourth-order valence-electron chi connectivity index (χ4n) is 0.907. The Labute approximate surface area is 74.3 Å². The van der Waals surface area contributed by atoms with Gasteiger partial charge >= 0.3 is 0 Å². The van der Waals surface area contributed by atoms with Crippen molar-refractivity contribution in [3.05, 3.63) is 22.7 Å². The summed E-state index contributed by atoms with van der Waals surface area (Å²) in [7, 11) is 0. The van der Waals surface area contributed by atoms with E-state index in [0.29, 0.717) is 4.60 Å². The van der Waals surface area contributed by atoms with Gasteiger partial charge in [0.1, 0.15) is 4.60 Å². The standard InChI is InChI=1S/C8H11BrFN/c1-8(2,3)11-5-4-6(10)7(11)9/h4-5H,1-3H3. The van der Waals surface area contributed by atoms with Gasteiger partial charge in [0.15, 0.2) is 5.82 Å². The monoisotopic (exact) mass is 219 g/mol. The van der Waals surface area contributed by atoms with Gasteiger partial charge in [-0.3, -0.25) is 0 Å². The summed E-state index contributed by atoms with van der Waals surface area (Å²) in [5.41, 5.74) is -0.0663. The molecule has 1 rings (SSSR count). The van der Waals surface area contributed by atoms with Crippen LogP contribution in [-0.2, 0) is 5.54 Å². The van der Waals surface area contributed by atoms with Crippen molar-refractivity contribution in [1.82, 2.24) is 4.57 Å². The van der Waals surface area contributed by atoms with E-state index in [4.69, 9.17) is 0 Å². The predicted molar refractivity (Wildman–Crippen MR) is 47.1 cm³/mol. The summed E-state index contributed by atoms with van der Waals surface area (Å²) in [5.74, 6) is -0.208. The average molecular weight is 220 g/mol. The van der Waals surface area contributed by atoms with Crippen LogP contribution in [0.4, 0.5) is 4.39 Å². The lowest BCUT2D eigenvalue weighted by Crippen LogP contribution is -2.20. The van der Waals surface area contributed by atoms with E-state index >= 15 is 0 Å². The fourth-order valence-corrected chi connectivity index (χ4v) is 1.69. The summed E-state index contributed by atoms with van der Waals surface area (Å²) in [6, 6.07) is 1.45. The molecule has 1 heterocycles. The summed E-state index contributed by atoms with van der Waals surface area (Å²) >= 11 is 3.17. The number of rotatable bonds is 0. The first-order chi connectivity index (χ1) is 4.93. The number of aromatic nitrogens is 1. The van der Waals surface area contributed by atoms with Crippen LogP contribution < -0.4 is 0 Å². The maximum absolute atomic E-state index is 12.8. The Morgan fingerprint density at radius 2 is 2.00 bits per heavy atom. The van der Waals surface area contributed by atoms with E-state index in [2.05, 4.69) is 15.9 Å². The van der Waals surface area contributed by atoms with Gasteiger partial charge in [0.05, 0.1) is 0 Å². The van der Waals surface area contributed by atoms with Crippen LogP contribution in [0.1, 0.15) is 20.8 Å². The number of hydrogen-bond acceptors (Lipinski definition) is 0. The van der Waals surface area contributed by atoms with Crippen molar-refractivity contribution in [2.75, 3.05) is 0 Å². The Kier molecular flexibility index (Phi) is 2.10. The molecule has 1 nitrogen and oxygen atoms in total. The molecule has 1 aromatic rings. The second-order valence-electron chi connectivity index (χ2n) is 3.50. The first kappa shape index (κ1) is 8.78. The molecule has 1 aromatic heterocycles. The Balaban J connectivity index is 3.15. The van der Waals surface area contributed by atoms with Crippen molar-refractivity contribution in [1.29, 1.82) is 0 Å². The molecule has 0 spiro atoms. The average Bonchev–Trinajstić information content (AvgIpc) is 2.11. The Morgan fingerprint density at radius 1 is 1.45 bits per heavy atom. The zero-order chi connectivity index (χ0) is 8.65. The maximum atomic E-state index is 12.8. The minimum absolute atomic E-state index is 0.0663. The van der Waals surface area contributed by atoms with E-state index in [1.165, 1.54) is 6.07 Å². The van der Waals surface area contributed by atoms with E-state index in [1.807, 2.05) is 25.3 Å². The second kappa shape index (κ2) is 2.63. The summed E-state index contributed by atoms with van der Waals surface area (Å²) in [6.07, 6.45) is 1.74. The zero-order valence-corrected chi connectivity index (χ0v) is 8.44. The number of halogens is 2. The molecule has 0 unspecified atom stereocenters. The minimum Gasteiger partial charge on any atom is -0.335 e. The van der Waals surface area contributed by atoms with Crippen LogP contribution in [0.25, 0.3) is 0 Å². The van der Waals surface area contributed by atoms with Crippen molar-refractivity contribution in [3.8, 4) is 0 Å². The van der Waals surface area contributed by atoms with Crippen LogP contribution in [0.2, 0.25) is 0 Å². The molecule has 0 bridgehead atoms. The highest BCUT2D eigenvalue weighted by Crippen LogP contribution is 2.24. The number of nitrogens with zero attached hydrogens (tertiary/aromatic N) is 1. The molecular formula is C8H11BrFN. The van der Waals surface area contributed by atoms with Crippen molar-refractivity contribution in [2.45, 2.75) is 26.3 Å². The lowest BCUT2D eigenvalue weighted by molar-refractivity contribution is 0.386. The maximum Gasteiger partial charge on any atom is 0.155 e. The van der Waals surface area contributed by atoms with Crippen LogP contribution in [0.5, 0.6) is 0 Å². The molecule has 0 amide bonds. The molecule has 0 aliphatic carbocycles. The smallest absolute Gasteiger partial charge is 0.155 e. The van der Waals surface area contributed by atoms with Gasteiger partial charge in [-0.15, -0.1) is 0 Å². The minimum atomic E-state index is -0.208. The van der Waals surface area contributed by atoms with Crippen LogP contribution in [0.15, 0.2) is 16.9 Å². The Hall–Kier alpha value is -0.310. The molecule has 0 aliphatic heterocycles. The second-order valence-corrected chi connectivity index (χ2v) is 4.25. The van der Waals surface area contributed by atoms with Gasteiger partial charge < -0.3 is 4.57 Å². The van der Waals surface area contributed by atoms with E-state index in [-0.39, 0.29) is 11.4 Å².